The second kappa shape index (κ2) is 3.12. The van der Waals surface area contributed by atoms with E-state index in [0.717, 1.165) is 11.5 Å². The van der Waals surface area contributed by atoms with Gasteiger partial charge in [0.05, 0.1) is 0 Å². The topological polar surface area (TPSA) is 18.5 Å². The van der Waals surface area contributed by atoms with Crippen LogP contribution in [0.2, 0.25) is 0 Å². The number of hydrogen-bond acceptors (Lipinski definition) is 3. The molecule has 0 N–H and O–H groups in total. The average molecular weight is 179 g/mol. The monoisotopic (exact) mass is 178 g/mol. The maximum Gasteiger partial charge on any atom is 0.172 e. The zero-order valence-electron chi connectivity index (χ0n) is 5.20. The summed E-state index contributed by atoms with van der Waals surface area (Å²) in [5, 5.41) is 3.91. The molecule has 1 aromatic rings. The summed E-state index contributed by atoms with van der Waals surface area (Å²) in [7, 11) is 0. The van der Waals surface area contributed by atoms with Gasteiger partial charge < -0.3 is 9.47 Å². The summed E-state index contributed by atoms with van der Waals surface area (Å²) in [5.41, 5.74) is 0. The Morgan fingerprint density at radius 2 is 1.60 bits per heavy atom. The molecule has 0 saturated carbocycles. The first-order valence-electron chi connectivity index (χ1n) is 2.78. The Balaban J connectivity index is 0.000000500. The van der Waals surface area contributed by atoms with E-state index in [1.54, 1.807) is 11.3 Å². The molecule has 1 aliphatic heterocycles. The highest BCUT2D eigenvalue weighted by molar-refractivity contribution is 7.08. The van der Waals surface area contributed by atoms with Crippen molar-refractivity contribution in [1.29, 1.82) is 0 Å². The zero-order chi connectivity index (χ0) is 6.10. The summed E-state index contributed by atoms with van der Waals surface area (Å²) in [4.78, 5) is 0. The van der Waals surface area contributed by atoms with E-state index in [9.17, 15) is 0 Å². The van der Waals surface area contributed by atoms with Gasteiger partial charge in [0.25, 0.3) is 0 Å². The van der Waals surface area contributed by atoms with Crippen molar-refractivity contribution in [3.8, 4) is 11.5 Å². The summed E-state index contributed by atoms with van der Waals surface area (Å²) in [6.07, 6.45) is 0. The molecular formula is C6H7ClO2S. The van der Waals surface area contributed by atoms with Crippen molar-refractivity contribution in [2.45, 2.75) is 0 Å². The van der Waals surface area contributed by atoms with Gasteiger partial charge in [0.2, 0.25) is 0 Å². The fourth-order valence-electron chi connectivity index (χ4n) is 0.787. The fraction of sp³-hybridized carbons (Fsp3) is 0.333. The van der Waals surface area contributed by atoms with Gasteiger partial charge in [-0.1, -0.05) is 0 Å². The maximum absolute atomic E-state index is 5.25. The summed E-state index contributed by atoms with van der Waals surface area (Å²) in [5.74, 6) is 1.79. The summed E-state index contributed by atoms with van der Waals surface area (Å²) in [6.45, 7) is 1.37. The van der Waals surface area contributed by atoms with Gasteiger partial charge >= 0.3 is 0 Å². The molecule has 2 nitrogen and oxygen atoms in total. The first-order valence-corrected chi connectivity index (χ1v) is 3.73. The van der Waals surface area contributed by atoms with Crippen LogP contribution in [0.1, 0.15) is 0 Å². The van der Waals surface area contributed by atoms with E-state index in [4.69, 9.17) is 9.47 Å². The van der Waals surface area contributed by atoms with E-state index in [1.165, 1.54) is 0 Å². The SMILES string of the molecule is Cl.c1scc2c1OCCO2. The van der Waals surface area contributed by atoms with Gasteiger partial charge in [-0.2, -0.15) is 0 Å². The van der Waals surface area contributed by atoms with Crippen molar-refractivity contribution in [2.24, 2.45) is 0 Å². The van der Waals surface area contributed by atoms with Crippen LogP contribution in [0.25, 0.3) is 0 Å². The normalized spacial score (nSPS) is 14.0. The summed E-state index contributed by atoms with van der Waals surface area (Å²) >= 11 is 1.61. The minimum atomic E-state index is 0. The van der Waals surface area contributed by atoms with Crippen LogP contribution in [-0.4, -0.2) is 13.2 Å². The van der Waals surface area contributed by atoms with Crippen LogP contribution in [0, 0.1) is 0 Å². The molecule has 1 aliphatic rings. The lowest BCUT2D eigenvalue weighted by Crippen LogP contribution is -2.13. The van der Waals surface area contributed by atoms with Crippen LogP contribution in [0.3, 0.4) is 0 Å². The molecule has 2 heterocycles. The third kappa shape index (κ3) is 1.20. The van der Waals surface area contributed by atoms with E-state index in [-0.39, 0.29) is 12.4 Å². The Labute approximate surface area is 69.2 Å². The molecule has 0 saturated heterocycles. The molecule has 0 unspecified atom stereocenters. The minimum Gasteiger partial charge on any atom is -0.485 e. The summed E-state index contributed by atoms with van der Waals surface area (Å²) in [6, 6.07) is 0. The van der Waals surface area contributed by atoms with E-state index < -0.39 is 0 Å². The lowest BCUT2D eigenvalue weighted by atomic mass is 10.5. The Morgan fingerprint density at radius 1 is 1.10 bits per heavy atom. The lowest BCUT2D eigenvalue weighted by molar-refractivity contribution is 0.173. The van der Waals surface area contributed by atoms with Crippen molar-refractivity contribution in [3.63, 3.8) is 0 Å². The van der Waals surface area contributed by atoms with Gasteiger partial charge in [0.1, 0.15) is 13.2 Å². The standard InChI is InChI=1S/C6H6O2S.ClH/c1-2-8-6-4-9-3-5(6)7-1;/h3-4H,1-2H2;1H. The molecule has 0 aromatic carbocycles. The molecule has 0 amide bonds. The van der Waals surface area contributed by atoms with Gasteiger partial charge in [0, 0.05) is 10.8 Å². The Kier molecular flexibility index (Phi) is 2.40. The first-order chi connectivity index (χ1) is 4.47. The molecule has 2 rings (SSSR count). The number of halogens is 1. The van der Waals surface area contributed by atoms with Crippen molar-refractivity contribution in [3.05, 3.63) is 10.8 Å². The van der Waals surface area contributed by atoms with Crippen LogP contribution in [0.4, 0.5) is 0 Å². The third-order valence-corrected chi connectivity index (χ3v) is 1.89. The van der Waals surface area contributed by atoms with Gasteiger partial charge in [-0.3, -0.25) is 0 Å². The van der Waals surface area contributed by atoms with Crippen LogP contribution < -0.4 is 9.47 Å². The quantitative estimate of drug-likeness (QED) is 0.605. The Hall–Kier alpha value is -0.410. The van der Waals surface area contributed by atoms with Crippen LogP contribution >= 0.6 is 23.7 Å². The highest BCUT2D eigenvalue weighted by Gasteiger charge is 2.10. The molecule has 0 bridgehead atoms. The highest BCUT2D eigenvalue weighted by atomic mass is 35.5. The number of thiophene rings is 1. The van der Waals surface area contributed by atoms with Crippen molar-refractivity contribution in [1.82, 2.24) is 0 Å². The molecule has 0 atom stereocenters. The maximum atomic E-state index is 5.25. The van der Waals surface area contributed by atoms with Gasteiger partial charge in [-0.05, 0) is 0 Å². The number of ether oxygens (including phenoxy) is 2. The fourth-order valence-corrected chi connectivity index (χ4v) is 1.47. The second-order valence-corrected chi connectivity index (χ2v) is 2.54. The molecule has 0 aliphatic carbocycles. The third-order valence-electron chi connectivity index (χ3n) is 1.19. The van der Waals surface area contributed by atoms with Crippen LogP contribution in [0.15, 0.2) is 10.8 Å². The molecular weight excluding hydrogens is 172 g/mol. The second-order valence-electron chi connectivity index (χ2n) is 1.80. The molecule has 0 radical (unpaired) electrons. The Bertz CT molecular complexity index is 191. The van der Waals surface area contributed by atoms with Gasteiger partial charge in [0.15, 0.2) is 11.5 Å². The number of hydrogen-bond donors (Lipinski definition) is 0. The van der Waals surface area contributed by atoms with Crippen LogP contribution in [-0.2, 0) is 0 Å². The predicted octanol–water partition coefficient (Wildman–Crippen LogP) is 1.94. The van der Waals surface area contributed by atoms with Crippen molar-refractivity contribution >= 4 is 23.7 Å². The molecule has 0 spiro atoms. The van der Waals surface area contributed by atoms with Crippen molar-refractivity contribution < 1.29 is 9.47 Å². The van der Waals surface area contributed by atoms with E-state index in [0.29, 0.717) is 13.2 Å². The lowest BCUT2D eigenvalue weighted by Gasteiger charge is -2.13. The largest absolute Gasteiger partial charge is 0.485 e. The predicted molar refractivity (Wildman–Crippen MR) is 42.6 cm³/mol. The highest BCUT2D eigenvalue weighted by Crippen LogP contribution is 2.33. The zero-order valence-corrected chi connectivity index (χ0v) is 6.83. The minimum absolute atomic E-state index is 0. The average Bonchev–Trinajstić information content (AvgIpc) is 2.33. The molecule has 1 aromatic heterocycles. The summed E-state index contributed by atoms with van der Waals surface area (Å²) < 4.78 is 10.5. The van der Waals surface area contributed by atoms with Gasteiger partial charge in [-0.15, -0.1) is 23.7 Å². The van der Waals surface area contributed by atoms with E-state index >= 15 is 0 Å². The molecule has 56 valence electrons. The molecule has 10 heavy (non-hydrogen) atoms. The smallest absolute Gasteiger partial charge is 0.172 e. The Morgan fingerprint density at radius 3 is 2.10 bits per heavy atom. The number of fused-ring (bicyclic) bond motifs is 1. The number of rotatable bonds is 0. The molecule has 0 fully saturated rings. The van der Waals surface area contributed by atoms with Gasteiger partial charge in [-0.25, -0.2) is 0 Å². The molecule has 4 heteroatoms. The first kappa shape index (κ1) is 7.69. The van der Waals surface area contributed by atoms with E-state index in [1.807, 2.05) is 10.8 Å². The van der Waals surface area contributed by atoms with E-state index in [2.05, 4.69) is 0 Å². The van der Waals surface area contributed by atoms with Crippen LogP contribution in [0.5, 0.6) is 11.5 Å². The van der Waals surface area contributed by atoms with Crippen molar-refractivity contribution in [2.75, 3.05) is 13.2 Å².